The lowest BCUT2D eigenvalue weighted by atomic mass is 10.1. The molecule has 0 aliphatic heterocycles. The van der Waals surface area contributed by atoms with Gasteiger partial charge in [0, 0.05) is 30.8 Å². The van der Waals surface area contributed by atoms with Gasteiger partial charge in [-0.25, -0.2) is 4.39 Å². The van der Waals surface area contributed by atoms with Crippen LogP contribution in [0.2, 0.25) is 0 Å². The Bertz CT molecular complexity index is 410. The number of benzene rings is 1. The number of ether oxygens (including phenoxy) is 1. The summed E-state index contributed by atoms with van der Waals surface area (Å²) in [6.45, 7) is 1.15. The van der Waals surface area contributed by atoms with Crippen molar-refractivity contribution in [2.75, 3.05) is 20.7 Å². The van der Waals surface area contributed by atoms with Gasteiger partial charge in [-0.1, -0.05) is 18.2 Å². The first-order chi connectivity index (χ1) is 8.58. The fraction of sp³-hybridized carbons (Fsp3) is 0.462. The Morgan fingerprint density at radius 2 is 2.11 bits per heavy atom. The van der Waals surface area contributed by atoms with Gasteiger partial charge < -0.3 is 15.4 Å². The van der Waals surface area contributed by atoms with Gasteiger partial charge in [-0.2, -0.15) is 0 Å². The van der Waals surface area contributed by atoms with E-state index in [-0.39, 0.29) is 18.3 Å². The van der Waals surface area contributed by atoms with Gasteiger partial charge in [0.2, 0.25) is 0 Å². The number of hydrogen-bond acceptors (Lipinski definition) is 4. The molecule has 0 aliphatic rings. The maximum absolute atomic E-state index is 13.9. The van der Waals surface area contributed by atoms with Gasteiger partial charge in [0.25, 0.3) is 0 Å². The van der Waals surface area contributed by atoms with Crippen LogP contribution >= 0.6 is 0 Å². The van der Waals surface area contributed by atoms with Gasteiger partial charge in [0.15, 0.2) is 0 Å². The summed E-state index contributed by atoms with van der Waals surface area (Å²) in [6, 6.07) is 5.19. The number of esters is 1. The van der Waals surface area contributed by atoms with E-state index < -0.39 is 0 Å². The summed E-state index contributed by atoms with van der Waals surface area (Å²) in [6.07, 6.45) is 0.297. The van der Waals surface area contributed by atoms with E-state index in [0.717, 1.165) is 0 Å². The van der Waals surface area contributed by atoms with Gasteiger partial charge in [-0.15, -0.1) is 0 Å². The highest BCUT2D eigenvalue weighted by molar-refractivity contribution is 5.69. The second kappa shape index (κ2) is 7.08. The van der Waals surface area contributed by atoms with Crippen LogP contribution in [0.3, 0.4) is 0 Å². The van der Waals surface area contributed by atoms with Crippen molar-refractivity contribution in [1.29, 1.82) is 0 Å². The lowest BCUT2D eigenvalue weighted by Crippen LogP contribution is -2.22. The van der Waals surface area contributed by atoms with E-state index in [1.807, 2.05) is 11.9 Å². The molecule has 0 saturated heterocycles. The molecule has 1 rings (SSSR count). The minimum absolute atomic E-state index is 0.186. The van der Waals surface area contributed by atoms with Crippen molar-refractivity contribution in [2.45, 2.75) is 19.5 Å². The molecule has 0 radical (unpaired) electrons. The van der Waals surface area contributed by atoms with Gasteiger partial charge in [-0.05, 0) is 7.05 Å². The zero-order chi connectivity index (χ0) is 13.5. The molecule has 4 nitrogen and oxygen atoms in total. The molecule has 18 heavy (non-hydrogen) atoms. The third-order valence-corrected chi connectivity index (χ3v) is 2.74. The molecular formula is C13H19FN2O2. The Morgan fingerprint density at radius 1 is 1.44 bits per heavy atom. The molecule has 100 valence electrons. The van der Waals surface area contributed by atoms with E-state index in [4.69, 9.17) is 5.73 Å². The van der Waals surface area contributed by atoms with Crippen LogP contribution in [0.5, 0.6) is 0 Å². The second-order valence-electron chi connectivity index (χ2n) is 4.16. The van der Waals surface area contributed by atoms with Crippen molar-refractivity contribution in [3.8, 4) is 0 Å². The molecule has 0 fully saturated rings. The van der Waals surface area contributed by atoms with Gasteiger partial charge in [0.1, 0.15) is 5.82 Å². The van der Waals surface area contributed by atoms with E-state index >= 15 is 0 Å². The summed E-state index contributed by atoms with van der Waals surface area (Å²) in [7, 11) is 3.18. The summed E-state index contributed by atoms with van der Waals surface area (Å²) < 4.78 is 18.5. The highest BCUT2D eigenvalue weighted by atomic mass is 19.1. The Hall–Kier alpha value is -1.46. The molecule has 5 heteroatoms. The molecule has 2 N–H and O–H groups in total. The lowest BCUT2D eigenvalue weighted by Gasteiger charge is -2.17. The topological polar surface area (TPSA) is 55.6 Å². The second-order valence-corrected chi connectivity index (χ2v) is 4.16. The molecule has 0 aromatic heterocycles. The quantitative estimate of drug-likeness (QED) is 0.777. The minimum Gasteiger partial charge on any atom is -0.469 e. The van der Waals surface area contributed by atoms with Crippen LogP contribution in [0, 0.1) is 5.82 Å². The first kappa shape index (κ1) is 14.6. The first-order valence-electron chi connectivity index (χ1n) is 5.80. The van der Waals surface area contributed by atoms with Crippen molar-refractivity contribution in [1.82, 2.24) is 4.90 Å². The first-order valence-corrected chi connectivity index (χ1v) is 5.80. The smallest absolute Gasteiger partial charge is 0.306 e. The molecule has 1 aromatic carbocycles. The van der Waals surface area contributed by atoms with Crippen molar-refractivity contribution in [2.24, 2.45) is 5.73 Å². The van der Waals surface area contributed by atoms with Crippen molar-refractivity contribution >= 4 is 5.97 Å². The summed E-state index contributed by atoms with van der Waals surface area (Å²) in [5.74, 6) is -0.525. The lowest BCUT2D eigenvalue weighted by molar-refractivity contribution is -0.140. The Labute approximate surface area is 107 Å². The van der Waals surface area contributed by atoms with Gasteiger partial charge in [-0.3, -0.25) is 4.79 Å². The number of hydrogen-bond donors (Lipinski definition) is 1. The normalized spacial score (nSPS) is 10.7. The minimum atomic E-state index is -0.266. The average molecular weight is 254 g/mol. The molecule has 0 amide bonds. The monoisotopic (exact) mass is 254 g/mol. The van der Waals surface area contributed by atoms with Crippen LogP contribution < -0.4 is 5.73 Å². The Kier molecular flexibility index (Phi) is 5.74. The maximum atomic E-state index is 13.9. The fourth-order valence-corrected chi connectivity index (χ4v) is 1.67. The summed E-state index contributed by atoms with van der Waals surface area (Å²) in [4.78, 5) is 12.9. The van der Waals surface area contributed by atoms with Gasteiger partial charge in [0.05, 0.1) is 13.5 Å². The van der Waals surface area contributed by atoms with Crippen LogP contribution in [0.4, 0.5) is 4.39 Å². The summed E-state index contributed by atoms with van der Waals surface area (Å²) in [5, 5.41) is 0. The highest BCUT2D eigenvalue weighted by Gasteiger charge is 2.10. The zero-order valence-corrected chi connectivity index (χ0v) is 10.8. The third kappa shape index (κ3) is 4.09. The number of carbonyl (C=O) groups is 1. The van der Waals surface area contributed by atoms with Crippen LogP contribution in [0.25, 0.3) is 0 Å². The zero-order valence-electron chi connectivity index (χ0n) is 10.8. The van der Waals surface area contributed by atoms with Crippen molar-refractivity contribution in [3.05, 3.63) is 35.1 Å². The Morgan fingerprint density at radius 3 is 2.72 bits per heavy atom. The number of nitrogens with zero attached hydrogens (tertiary/aromatic N) is 1. The van der Waals surface area contributed by atoms with Crippen LogP contribution in [-0.4, -0.2) is 31.6 Å². The fourth-order valence-electron chi connectivity index (χ4n) is 1.67. The third-order valence-electron chi connectivity index (χ3n) is 2.74. The van der Waals surface area contributed by atoms with Crippen molar-refractivity contribution < 1.29 is 13.9 Å². The van der Waals surface area contributed by atoms with Crippen molar-refractivity contribution in [3.63, 3.8) is 0 Å². The maximum Gasteiger partial charge on any atom is 0.306 e. The molecule has 0 heterocycles. The molecular weight excluding hydrogens is 235 g/mol. The summed E-state index contributed by atoms with van der Waals surface area (Å²) in [5.41, 5.74) is 6.55. The number of halogens is 1. The highest BCUT2D eigenvalue weighted by Crippen LogP contribution is 2.14. The van der Waals surface area contributed by atoms with Gasteiger partial charge >= 0.3 is 5.97 Å². The van der Waals surface area contributed by atoms with E-state index in [1.54, 1.807) is 18.2 Å². The largest absolute Gasteiger partial charge is 0.469 e. The molecule has 0 saturated carbocycles. The molecule has 0 bridgehead atoms. The number of carbonyl (C=O) groups excluding carboxylic acids is 1. The van der Waals surface area contributed by atoms with E-state index in [9.17, 15) is 9.18 Å². The number of methoxy groups -OCH3 is 1. The number of rotatable bonds is 6. The van der Waals surface area contributed by atoms with Crippen LogP contribution in [0.15, 0.2) is 18.2 Å². The SMILES string of the molecule is COC(=O)CCN(C)Cc1cccc(CN)c1F. The predicted molar refractivity (Wildman–Crippen MR) is 67.3 cm³/mol. The van der Waals surface area contributed by atoms with Crippen LogP contribution in [-0.2, 0) is 22.6 Å². The molecule has 0 unspecified atom stereocenters. The van der Waals surface area contributed by atoms with E-state index in [2.05, 4.69) is 4.74 Å². The Balaban J connectivity index is 2.59. The molecule has 0 atom stereocenters. The predicted octanol–water partition coefficient (Wildman–Crippen LogP) is 1.28. The van der Waals surface area contributed by atoms with Crippen LogP contribution in [0.1, 0.15) is 17.5 Å². The van der Waals surface area contributed by atoms with E-state index in [1.165, 1.54) is 7.11 Å². The standard InChI is InChI=1S/C13H19FN2O2/c1-16(7-6-12(17)18-2)9-11-5-3-4-10(8-15)13(11)14/h3-5H,6-9,15H2,1-2H3. The summed E-state index contributed by atoms with van der Waals surface area (Å²) >= 11 is 0. The molecule has 0 spiro atoms. The molecule has 1 aromatic rings. The number of nitrogens with two attached hydrogens (primary N) is 1. The molecule has 0 aliphatic carbocycles. The average Bonchev–Trinajstić information content (AvgIpc) is 2.38. The van der Waals surface area contributed by atoms with E-state index in [0.29, 0.717) is 30.6 Å².